The Bertz CT molecular complexity index is 954. The van der Waals surface area contributed by atoms with Crippen LogP contribution >= 0.6 is 23.1 Å². The third-order valence-electron chi connectivity index (χ3n) is 4.10. The number of amidine groups is 1. The molecular formula is C17H16N2O4S3. The van der Waals surface area contributed by atoms with Gasteiger partial charge in [0, 0.05) is 15.7 Å². The Labute approximate surface area is 159 Å². The molecule has 0 spiro atoms. The van der Waals surface area contributed by atoms with E-state index in [1.807, 2.05) is 23.6 Å². The first-order valence-corrected chi connectivity index (χ1v) is 11.6. The Morgan fingerprint density at radius 2 is 2.15 bits per heavy atom. The van der Waals surface area contributed by atoms with Gasteiger partial charge in [-0.15, -0.1) is 11.3 Å². The van der Waals surface area contributed by atoms with Gasteiger partial charge in [-0.2, -0.15) is 0 Å². The van der Waals surface area contributed by atoms with Crippen LogP contribution in [0.3, 0.4) is 0 Å². The minimum atomic E-state index is -3.00. The summed E-state index contributed by atoms with van der Waals surface area (Å²) in [6, 6.07) is 10.7. The molecule has 2 atom stereocenters. The van der Waals surface area contributed by atoms with Crippen LogP contribution in [0.25, 0.3) is 0 Å². The quantitative estimate of drug-likeness (QED) is 0.839. The molecule has 1 saturated heterocycles. The van der Waals surface area contributed by atoms with Crippen molar-refractivity contribution in [3.8, 4) is 5.75 Å². The van der Waals surface area contributed by atoms with Gasteiger partial charge in [-0.25, -0.2) is 8.42 Å². The van der Waals surface area contributed by atoms with Gasteiger partial charge in [-0.1, -0.05) is 23.9 Å². The van der Waals surface area contributed by atoms with Gasteiger partial charge < -0.3 is 10.1 Å². The highest BCUT2D eigenvalue weighted by molar-refractivity contribution is 8.15. The number of nitrogens with zero attached hydrogens (tertiary/aromatic N) is 1. The number of carbonyl (C=O) groups excluding carboxylic acids is 1. The highest BCUT2D eigenvalue weighted by Gasteiger charge is 2.43. The van der Waals surface area contributed by atoms with E-state index in [0.717, 1.165) is 4.88 Å². The third kappa shape index (κ3) is 3.94. The van der Waals surface area contributed by atoms with Crippen molar-refractivity contribution in [2.24, 2.45) is 4.99 Å². The van der Waals surface area contributed by atoms with Crippen molar-refractivity contribution in [2.45, 2.75) is 17.9 Å². The first-order chi connectivity index (χ1) is 12.5. The Balaban J connectivity index is 1.39. The van der Waals surface area contributed by atoms with Crippen molar-refractivity contribution >= 4 is 44.0 Å². The number of thioether (sulfide) groups is 1. The van der Waals surface area contributed by atoms with Crippen LogP contribution in [0.1, 0.15) is 15.2 Å². The van der Waals surface area contributed by atoms with Crippen LogP contribution in [0.4, 0.5) is 0 Å². The van der Waals surface area contributed by atoms with Gasteiger partial charge in [0.25, 0.3) is 5.91 Å². The van der Waals surface area contributed by atoms with Crippen molar-refractivity contribution in [2.75, 3.05) is 11.5 Å². The van der Waals surface area contributed by atoms with Crippen LogP contribution in [0.5, 0.6) is 5.75 Å². The summed E-state index contributed by atoms with van der Waals surface area (Å²) in [5.74, 6) is 0.531. The molecule has 9 heteroatoms. The van der Waals surface area contributed by atoms with E-state index in [1.54, 1.807) is 29.5 Å². The van der Waals surface area contributed by atoms with E-state index < -0.39 is 9.84 Å². The van der Waals surface area contributed by atoms with Gasteiger partial charge in [0.2, 0.25) is 0 Å². The molecule has 6 nitrogen and oxygen atoms in total. The monoisotopic (exact) mass is 408 g/mol. The number of benzene rings is 1. The number of ether oxygens (including phenoxy) is 1. The number of thiophene rings is 1. The Kier molecular flexibility index (Phi) is 4.76. The topological polar surface area (TPSA) is 84.8 Å². The van der Waals surface area contributed by atoms with Crippen molar-refractivity contribution < 1.29 is 17.9 Å². The van der Waals surface area contributed by atoms with E-state index in [2.05, 4.69) is 10.3 Å². The maximum atomic E-state index is 12.5. The van der Waals surface area contributed by atoms with Crippen molar-refractivity contribution in [3.63, 3.8) is 0 Å². The highest BCUT2D eigenvalue weighted by Crippen LogP contribution is 2.33. The molecule has 0 bridgehead atoms. The highest BCUT2D eigenvalue weighted by atomic mass is 32.2. The van der Waals surface area contributed by atoms with Gasteiger partial charge in [-0.3, -0.25) is 9.79 Å². The molecule has 1 aromatic carbocycles. The van der Waals surface area contributed by atoms with Crippen LogP contribution in [0.2, 0.25) is 0 Å². The number of fused-ring (bicyclic) bond motifs is 1. The Hall–Kier alpha value is -1.84. The van der Waals surface area contributed by atoms with E-state index in [9.17, 15) is 13.2 Å². The lowest BCUT2D eigenvalue weighted by atomic mass is 10.2. The fourth-order valence-corrected chi connectivity index (χ4v) is 7.13. The lowest BCUT2D eigenvalue weighted by Gasteiger charge is -2.08. The van der Waals surface area contributed by atoms with E-state index in [1.165, 1.54) is 11.8 Å². The molecule has 136 valence electrons. The summed E-state index contributed by atoms with van der Waals surface area (Å²) in [6.07, 6.45) is 0. The summed E-state index contributed by atoms with van der Waals surface area (Å²) in [5, 5.41) is 5.17. The average molecular weight is 409 g/mol. The molecule has 1 N–H and O–H groups in total. The summed E-state index contributed by atoms with van der Waals surface area (Å²) >= 11 is 2.94. The molecule has 26 heavy (non-hydrogen) atoms. The molecule has 0 aliphatic carbocycles. The number of hydrogen-bond acceptors (Lipinski definition) is 7. The smallest absolute Gasteiger partial charge is 0.257 e. The molecule has 1 fully saturated rings. The molecule has 2 aliphatic heterocycles. The van der Waals surface area contributed by atoms with Gasteiger partial charge >= 0.3 is 0 Å². The molecule has 0 unspecified atom stereocenters. The molecule has 0 saturated carbocycles. The first kappa shape index (κ1) is 17.6. The number of amides is 1. The van der Waals surface area contributed by atoms with Crippen molar-refractivity contribution in [3.05, 3.63) is 52.2 Å². The minimum Gasteiger partial charge on any atom is -0.488 e. The molecule has 2 aromatic rings. The molecular weight excluding hydrogens is 392 g/mol. The minimum absolute atomic E-state index is 0.0656. The SMILES string of the molecule is O=C(NC1=N[C@@H]2CS(=O)(=O)C[C@@H]2S1)c1cccc(OCc2cccs2)c1. The standard InChI is InChI=1S/C17H16N2O4S3/c20-16(19-17-18-14-9-26(21,22)10-15(14)25-17)11-3-1-4-12(7-11)23-8-13-5-2-6-24-13/h1-7,14-15H,8-10H2,(H,18,19,20)/t14-,15+/m1/s1. The fourth-order valence-electron chi connectivity index (χ4n) is 2.86. The maximum Gasteiger partial charge on any atom is 0.257 e. The molecule has 2 aliphatic rings. The van der Waals surface area contributed by atoms with Crippen LogP contribution in [0, 0.1) is 0 Å². The van der Waals surface area contributed by atoms with Gasteiger partial charge in [0.1, 0.15) is 12.4 Å². The average Bonchev–Trinajstić information content (AvgIpc) is 3.28. The van der Waals surface area contributed by atoms with E-state index >= 15 is 0 Å². The third-order valence-corrected chi connectivity index (χ3v) is 8.09. The number of hydrogen-bond donors (Lipinski definition) is 1. The number of aliphatic imine (C=N–C) groups is 1. The summed E-state index contributed by atoms with van der Waals surface area (Å²) in [4.78, 5) is 17.9. The fraction of sp³-hybridized carbons (Fsp3) is 0.294. The Morgan fingerprint density at radius 1 is 1.27 bits per heavy atom. The molecule has 1 amide bonds. The van der Waals surface area contributed by atoms with Gasteiger partial charge in [0.15, 0.2) is 15.0 Å². The van der Waals surface area contributed by atoms with Crippen molar-refractivity contribution in [1.82, 2.24) is 5.32 Å². The van der Waals surface area contributed by atoms with Crippen LogP contribution in [-0.4, -0.2) is 42.3 Å². The zero-order chi connectivity index (χ0) is 18.1. The lowest BCUT2D eigenvalue weighted by Crippen LogP contribution is -2.28. The van der Waals surface area contributed by atoms with E-state index in [4.69, 9.17) is 4.74 Å². The second-order valence-electron chi connectivity index (χ2n) is 6.08. The lowest BCUT2D eigenvalue weighted by molar-refractivity contribution is 0.0977. The molecule has 4 rings (SSSR count). The van der Waals surface area contributed by atoms with E-state index in [-0.39, 0.29) is 28.7 Å². The van der Waals surface area contributed by atoms with Crippen LogP contribution in [0.15, 0.2) is 46.8 Å². The molecule has 1 aromatic heterocycles. The van der Waals surface area contributed by atoms with Crippen LogP contribution in [-0.2, 0) is 16.4 Å². The predicted octanol–water partition coefficient (Wildman–Crippen LogP) is 2.33. The number of sulfone groups is 1. The number of carbonyl (C=O) groups is 1. The van der Waals surface area contributed by atoms with E-state index in [0.29, 0.717) is 23.1 Å². The first-order valence-electron chi connectivity index (χ1n) is 8.00. The number of rotatable bonds is 4. The Morgan fingerprint density at radius 3 is 2.92 bits per heavy atom. The van der Waals surface area contributed by atoms with Gasteiger partial charge in [-0.05, 0) is 29.6 Å². The summed E-state index contributed by atoms with van der Waals surface area (Å²) in [7, 11) is -3.00. The predicted molar refractivity (Wildman–Crippen MR) is 104 cm³/mol. The zero-order valence-corrected chi connectivity index (χ0v) is 16.1. The zero-order valence-electron chi connectivity index (χ0n) is 13.6. The summed E-state index contributed by atoms with van der Waals surface area (Å²) < 4.78 is 28.9. The van der Waals surface area contributed by atoms with Crippen molar-refractivity contribution in [1.29, 1.82) is 0 Å². The van der Waals surface area contributed by atoms with Gasteiger partial charge in [0.05, 0.1) is 17.5 Å². The maximum absolute atomic E-state index is 12.5. The number of nitrogens with one attached hydrogen (secondary N) is 1. The van der Waals surface area contributed by atoms with Crippen LogP contribution < -0.4 is 10.1 Å². The second kappa shape index (κ2) is 7.05. The molecule has 3 heterocycles. The summed E-state index contributed by atoms with van der Waals surface area (Å²) in [6.45, 7) is 0.461. The normalized spacial score (nSPS) is 23.3. The largest absolute Gasteiger partial charge is 0.488 e. The second-order valence-corrected chi connectivity index (χ2v) is 10.5. The molecule has 0 radical (unpaired) electrons. The summed E-state index contributed by atoms with van der Waals surface area (Å²) in [5.41, 5.74) is 0.474.